The van der Waals surface area contributed by atoms with Gasteiger partial charge >= 0.3 is 0 Å². The van der Waals surface area contributed by atoms with Gasteiger partial charge in [0.25, 0.3) is 5.56 Å². The predicted octanol–water partition coefficient (Wildman–Crippen LogP) is 2.74. The molecule has 5 heteroatoms. The monoisotopic (exact) mass is 271 g/mol. The zero-order valence-electron chi connectivity index (χ0n) is 10.2. The Morgan fingerprint density at radius 2 is 1.84 bits per heavy atom. The van der Waals surface area contributed by atoms with Crippen LogP contribution >= 0.6 is 11.6 Å². The molecule has 0 unspecified atom stereocenters. The van der Waals surface area contributed by atoms with Crippen molar-refractivity contribution in [1.29, 1.82) is 0 Å². The second-order valence-corrected chi connectivity index (χ2v) is 4.74. The Hall–Kier alpha value is -2.20. The normalized spacial score (nSPS) is 10.8. The fourth-order valence-electron chi connectivity index (χ4n) is 1.91. The largest absolute Gasteiger partial charge is 0.282 e. The lowest BCUT2D eigenvalue weighted by atomic mass is 10.2. The number of benzene rings is 2. The summed E-state index contributed by atoms with van der Waals surface area (Å²) < 4.78 is 1.28. The van der Waals surface area contributed by atoms with E-state index in [0.717, 1.165) is 5.56 Å². The fraction of sp³-hybridized carbons (Fsp3) is 0.0714. The lowest BCUT2D eigenvalue weighted by Crippen LogP contribution is -2.22. The van der Waals surface area contributed by atoms with Crippen molar-refractivity contribution in [3.8, 4) is 5.69 Å². The van der Waals surface area contributed by atoms with Gasteiger partial charge in [0, 0.05) is 5.02 Å². The van der Waals surface area contributed by atoms with E-state index in [1.54, 1.807) is 30.3 Å². The highest BCUT2D eigenvalue weighted by Gasteiger charge is 2.07. The summed E-state index contributed by atoms with van der Waals surface area (Å²) in [5.41, 5.74) is 2.07. The third-order valence-corrected chi connectivity index (χ3v) is 3.14. The van der Waals surface area contributed by atoms with Crippen molar-refractivity contribution in [2.24, 2.45) is 0 Å². The molecule has 0 atom stereocenters. The van der Waals surface area contributed by atoms with Crippen LogP contribution in [0.3, 0.4) is 0 Å². The van der Waals surface area contributed by atoms with E-state index in [-0.39, 0.29) is 5.56 Å². The molecule has 0 saturated carbocycles. The summed E-state index contributed by atoms with van der Waals surface area (Å²) in [5.74, 6) is 0. The third-order valence-electron chi connectivity index (χ3n) is 2.89. The van der Waals surface area contributed by atoms with E-state index in [1.165, 1.54) is 4.68 Å². The van der Waals surface area contributed by atoms with Gasteiger partial charge in [0.15, 0.2) is 0 Å². The average molecular weight is 272 g/mol. The molecule has 0 aliphatic carbocycles. The molecule has 0 amide bonds. The first-order chi connectivity index (χ1) is 9.15. The maximum Gasteiger partial charge on any atom is 0.282 e. The van der Waals surface area contributed by atoms with E-state index in [9.17, 15) is 4.79 Å². The minimum atomic E-state index is -0.184. The molecule has 2 aromatic carbocycles. The van der Waals surface area contributed by atoms with Crippen LogP contribution in [0.2, 0.25) is 5.02 Å². The third kappa shape index (κ3) is 2.11. The van der Waals surface area contributed by atoms with E-state index in [2.05, 4.69) is 10.3 Å². The molecule has 0 saturated heterocycles. The Kier molecular flexibility index (Phi) is 2.80. The fourth-order valence-corrected chi connectivity index (χ4v) is 2.03. The van der Waals surface area contributed by atoms with Crippen molar-refractivity contribution in [3.05, 3.63) is 63.4 Å². The van der Waals surface area contributed by atoms with Crippen molar-refractivity contribution < 1.29 is 0 Å². The molecule has 0 N–H and O–H groups in total. The van der Waals surface area contributed by atoms with Crippen LogP contribution in [0.1, 0.15) is 5.56 Å². The van der Waals surface area contributed by atoms with Gasteiger partial charge in [-0.1, -0.05) is 28.4 Å². The van der Waals surface area contributed by atoms with E-state index >= 15 is 0 Å². The summed E-state index contributed by atoms with van der Waals surface area (Å²) in [6.07, 6.45) is 0. The highest BCUT2D eigenvalue weighted by atomic mass is 35.5. The van der Waals surface area contributed by atoms with Crippen molar-refractivity contribution >= 4 is 22.5 Å². The summed E-state index contributed by atoms with van der Waals surface area (Å²) in [6.45, 7) is 1.94. The van der Waals surface area contributed by atoms with Crippen LogP contribution in [-0.2, 0) is 0 Å². The number of fused-ring (bicyclic) bond motifs is 1. The summed E-state index contributed by atoms with van der Waals surface area (Å²) >= 11 is 5.83. The highest BCUT2D eigenvalue weighted by molar-refractivity contribution is 6.30. The van der Waals surface area contributed by atoms with Crippen molar-refractivity contribution in [3.63, 3.8) is 0 Å². The molecule has 4 nitrogen and oxygen atoms in total. The molecule has 0 aliphatic rings. The second kappa shape index (κ2) is 4.48. The van der Waals surface area contributed by atoms with E-state index in [0.29, 0.717) is 21.6 Å². The Morgan fingerprint density at radius 1 is 1.11 bits per heavy atom. The predicted molar refractivity (Wildman–Crippen MR) is 74.9 cm³/mol. The first kappa shape index (κ1) is 11.9. The molecular formula is C14H10ClN3O. The molecule has 0 spiro atoms. The molecule has 3 rings (SSSR count). The van der Waals surface area contributed by atoms with Gasteiger partial charge in [-0.3, -0.25) is 4.79 Å². The van der Waals surface area contributed by atoms with Crippen molar-refractivity contribution in [1.82, 2.24) is 15.0 Å². The summed E-state index contributed by atoms with van der Waals surface area (Å²) in [6, 6.07) is 12.4. The molecule has 0 bridgehead atoms. The van der Waals surface area contributed by atoms with Crippen LogP contribution in [0.4, 0.5) is 0 Å². The van der Waals surface area contributed by atoms with Crippen molar-refractivity contribution in [2.45, 2.75) is 6.92 Å². The van der Waals surface area contributed by atoms with Gasteiger partial charge in [-0.05, 0) is 43.3 Å². The maximum absolute atomic E-state index is 12.4. The smallest absolute Gasteiger partial charge is 0.267 e. The number of halogens is 1. The number of aromatic nitrogens is 3. The zero-order chi connectivity index (χ0) is 13.4. The number of hydrogen-bond acceptors (Lipinski definition) is 3. The molecule has 3 aromatic rings. The Balaban J connectivity index is 2.28. The number of hydrogen-bond donors (Lipinski definition) is 0. The Morgan fingerprint density at radius 3 is 2.58 bits per heavy atom. The van der Waals surface area contributed by atoms with Crippen LogP contribution < -0.4 is 5.56 Å². The van der Waals surface area contributed by atoms with Gasteiger partial charge in [0.1, 0.15) is 5.52 Å². The number of nitrogens with zero attached hydrogens (tertiary/aromatic N) is 3. The van der Waals surface area contributed by atoms with Crippen LogP contribution in [0.5, 0.6) is 0 Å². The number of aryl methyl sites for hydroxylation is 1. The summed E-state index contributed by atoms with van der Waals surface area (Å²) in [4.78, 5) is 12.4. The first-order valence-electron chi connectivity index (χ1n) is 5.77. The molecule has 1 aromatic heterocycles. The van der Waals surface area contributed by atoms with Crippen LogP contribution in [0.15, 0.2) is 47.3 Å². The lowest BCUT2D eigenvalue weighted by Gasteiger charge is -2.05. The van der Waals surface area contributed by atoms with E-state index < -0.39 is 0 Å². The van der Waals surface area contributed by atoms with E-state index in [4.69, 9.17) is 11.6 Å². The number of rotatable bonds is 1. The minimum absolute atomic E-state index is 0.184. The topological polar surface area (TPSA) is 47.8 Å². The maximum atomic E-state index is 12.4. The molecule has 0 aliphatic heterocycles. The zero-order valence-corrected chi connectivity index (χ0v) is 10.9. The van der Waals surface area contributed by atoms with Crippen LogP contribution in [-0.4, -0.2) is 15.0 Å². The summed E-state index contributed by atoms with van der Waals surface area (Å²) in [5, 5.41) is 9.18. The molecule has 0 fully saturated rings. The Labute approximate surface area is 114 Å². The minimum Gasteiger partial charge on any atom is -0.267 e. The second-order valence-electron chi connectivity index (χ2n) is 4.30. The molecular weight excluding hydrogens is 262 g/mol. The van der Waals surface area contributed by atoms with E-state index in [1.807, 2.05) is 19.1 Å². The van der Waals surface area contributed by atoms with Gasteiger partial charge in [-0.25, -0.2) is 0 Å². The van der Waals surface area contributed by atoms with Gasteiger partial charge < -0.3 is 0 Å². The van der Waals surface area contributed by atoms with Crippen molar-refractivity contribution in [2.75, 3.05) is 0 Å². The SMILES string of the molecule is Cc1ccc2nnn(-c3ccc(Cl)cc3)c(=O)c2c1. The molecule has 19 heavy (non-hydrogen) atoms. The average Bonchev–Trinajstić information content (AvgIpc) is 2.41. The van der Waals surface area contributed by atoms with Gasteiger partial charge in [0.05, 0.1) is 11.1 Å². The molecule has 0 radical (unpaired) electrons. The van der Waals surface area contributed by atoms with Gasteiger partial charge in [0.2, 0.25) is 0 Å². The molecule has 1 heterocycles. The quantitative estimate of drug-likeness (QED) is 0.684. The summed E-state index contributed by atoms with van der Waals surface area (Å²) in [7, 11) is 0. The van der Waals surface area contributed by atoms with Crippen LogP contribution in [0.25, 0.3) is 16.6 Å². The van der Waals surface area contributed by atoms with Gasteiger partial charge in [-0.2, -0.15) is 4.68 Å². The Bertz CT molecular complexity index is 809. The molecule has 94 valence electrons. The van der Waals surface area contributed by atoms with Gasteiger partial charge in [-0.15, -0.1) is 5.10 Å². The lowest BCUT2D eigenvalue weighted by molar-refractivity contribution is 0.738. The van der Waals surface area contributed by atoms with Crippen LogP contribution in [0, 0.1) is 6.92 Å². The standard InChI is InChI=1S/C14H10ClN3O/c1-9-2-7-13-12(8-9)14(19)18(17-16-13)11-5-3-10(15)4-6-11/h2-8H,1H3. The first-order valence-corrected chi connectivity index (χ1v) is 6.15. The highest BCUT2D eigenvalue weighted by Crippen LogP contribution is 2.13.